The van der Waals surface area contributed by atoms with E-state index in [0.717, 1.165) is 50.0 Å². The fraction of sp³-hybridized carbons (Fsp3) is 0.529. The molecule has 6 heteroatoms. The maximum Gasteiger partial charge on any atom is 0.241 e. The largest absolute Gasteiger partial charge is 0.338 e. The average Bonchev–Trinajstić information content (AvgIpc) is 3.04. The number of piperidine rings is 1. The van der Waals surface area contributed by atoms with Crippen LogP contribution in [0.3, 0.4) is 0 Å². The highest BCUT2D eigenvalue weighted by molar-refractivity contribution is 5.95. The van der Waals surface area contributed by atoms with E-state index in [4.69, 9.17) is 0 Å². The van der Waals surface area contributed by atoms with Crippen LogP contribution in [0.5, 0.6) is 0 Å². The lowest BCUT2D eigenvalue weighted by Gasteiger charge is -2.27. The molecule has 2 amide bonds. The van der Waals surface area contributed by atoms with Crippen molar-refractivity contribution in [2.45, 2.75) is 44.7 Å². The smallest absolute Gasteiger partial charge is 0.241 e. The molecule has 0 saturated carbocycles. The number of hydrogen-bond donors (Lipinski definition) is 2. The van der Waals surface area contributed by atoms with Gasteiger partial charge in [-0.15, -0.1) is 12.4 Å². The van der Waals surface area contributed by atoms with Crippen LogP contribution >= 0.6 is 12.4 Å². The monoisotopic (exact) mass is 337 g/mol. The summed E-state index contributed by atoms with van der Waals surface area (Å²) in [5.74, 6) is 0.263. The molecule has 0 spiro atoms. The van der Waals surface area contributed by atoms with Crippen molar-refractivity contribution in [3.8, 4) is 0 Å². The Kier molecular flexibility index (Phi) is 6.42. The number of carbonyl (C=O) groups excluding carboxylic acids is 2. The first-order valence-electron chi connectivity index (χ1n) is 8.13. The first kappa shape index (κ1) is 17.8. The number of benzene rings is 1. The van der Waals surface area contributed by atoms with E-state index in [1.54, 1.807) is 0 Å². The Morgan fingerprint density at radius 1 is 1.30 bits per heavy atom. The van der Waals surface area contributed by atoms with Crippen molar-refractivity contribution in [1.82, 2.24) is 10.2 Å². The Morgan fingerprint density at radius 2 is 2.17 bits per heavy atom. The van der Waals surface area contributed by atoms with Gasteiger partial charge >= 0.3 is 0 Å². The molecule has 1 aromatic carbocycles. The zero-order valence-electron chi connectivity index (χ0n) is 13.2. The van der Waals surface area contributed by atoms with E-state index >= 15 is 0 Å². The van der Waals surface area contributed by atoms with Crippen LogP contribution in [0.2, 0.25) is 0 Å². The lowest BCUT2D eigenvalue weighted by Crippen LogP contribution is -2.35. The van der Waals surface area contributed by atoms with E-state index in [9.17, 15) is 9.59 Å². The van der Waals surface area contributed by atoms with Gasteiger partial charge in [-0.3, -0.25) is 9.59 Å². The summed E-state index contributed by atoms with van der Waals surface area (Å²) in [5.41, 5.74) is 1.87. The number of carbonyl (C=O) groups is 2. The molecule has 1 atom stereocenters. The number of hydrogen-bond acceptors (Lipinski definition) is 3. The van der Waals surface area contributed by atoms with Crippen LogP contribution < -0.4 is 10.6 Å². The molecule has 3 rings (SSSR count). The molecule has 1 aromatic rings. The highest BCUT2D eigenvalue weighted by atomic mass is 35.5. The molecule has 2 heterocycles. The Morgan fingerprint density at radius 3 is 2.91 bits per heavy atom. The summed E-state index contributed by atoms with van der Waals surface area (Å²) >= 11 is 0. The van der Waals surface area contributed by atoms with Gasteiger partial charge in [0, 0.05) is 25.2 Å². The Balaban J connectivity index is 0.00000192. The van der Waals surface area contributed by atoms with E-state index < -0.39 is 0 Å². The van der Waals surface area contributed by atoms with Crippen LogP contribution in [0.1, 0.15) is 37.7 Å². The van der Waals surface area contributed by atoms with Crippen LogP contribution in [-0.4, -0.2) is 35.8 Å². The van der Waals surface area contributed by atoms with E-state index in [1.165, 1.54) is 0 Å². The number of rotatable bonds is 4. The van der Waals surface area contributed by atoms with E-state index in [2.05, 4.69) is 10.6 Å². The number of amides is 2. The molecule has 2 N–H and O–H groups in total. The number of anilines is 1. The van der Waals surface area contributed by atoms with Crippen molar-refractivity contribution in [2.24, 2.45) is 0 Å². The minimum atomic E-state index is -0.0765. The van der Waals surface area contributed by atoms with Gasteiger partial charge in [-0.05, 0) is 49.9 Å². The molecule has 2 aliphatic rings. The van der Waals surface area contributed by atoms with Gasteiger partial charge in [0.25, 0.3) is 0 Å². The fourth-order valence-corrected chi connectivity index (χ4v) is 3.13. The van der Waals surface area contributed by atoms with E-state index in [-0.39, 0.29) is 30.3 Å². The van der Waals surface area contributed by atoms with Gasteiger partial charge in [-0.1, -0.05) is 12.1 Å². The summed E-state index contributed by atoms with van der Waals surface area (Å²) in [6.45, 7) is 2.38. The number of nitrogens with zero attached hydrogens (tertiary/aromatic N) is 1. The minimum absolute atomic E-state index is 0. The third-order valence-corrected chi connectivity index (χ3v) is 4.37. The predicted molar refractivity (Wildman–Crippen MR) is 92.6 cm³/mol. The lowest BCUT2D eigenvalue weighted by atomic mass is 10.1. The SMILES string of the molecule is Cl.O=C(Nc1cccc(CN2CCCCC2=O)c1)C1CCCN1. The molecule has 0 bridgehead atoms. The van der Waals surface area contributed by atoms with Gasteiger partial charge in [0.15, 0.2) is 0 Å². The van der Waals surface area contributed by atoms with Crippen molar-refractivity contribution in [1.29, 1.82) is 0 Å². The van der Waals surface area contributed by atoms with Crippen LogP contribution in [0.4, 0.5) is 5.69 Å². The van der Waals surface area contributed by atoms with Gasteiger partial charge < -0.3 is 15.5 Å². The topological polar surface area (TPSA) is 61.4 Å². The second-order valence-electron chi connectivity index (χ2n) is 6.11. The maximum absolute atomic E-state index is 12.1. The van der Waals surface area contributed by atoms with Crippen LogP contribution in [0.15, 0.2) is 24.3 Å². The standard InChI is InChI=1S/C17H23N3O2.ClH/c21-16-8-1-2-10-20(16)12-13-5-3-6-14(11-13)19-17(22)15-7-4-9-18-15;/h3,5-6,11,15,18H,1-2,4,7-10,12H2,(H,19,22);1H. The van der Waals surface area contributed by atoms with Crippen LogP contribution in [0, 0.1) is 0 Å². The number of halogens is 1. The fourth-order valence-electron chi connectivity index (χ4n) is 3.13. The summed E-state index contributed by atoms with van der Waals surface area (Å²) in [4.78, 5) is 25.9. The van der Waals surface area contributed by atoms with Gasteiger partial charge in [-0.2, -0.15) is 0 Å². The molecular formula is C17H24ClN3O2. The highest BCUT2D eigenvalue weighted by Crippen LogP contribution is 2.18. The molecule has 2 fully saturated rings. The van der Waals surface area contributed by atoms with Gasteiger partial charge in [0.1, 0.15) is 0 Å². The average molecular weight is 338 g/mol. The molecule has 2 saturated heterocycles. The van der Waals surface area contributed by atoms with Gasteiger partial charge in [0.05, 0.1) is 6.04 Å². The quantitative estimate of drug-likeness (QED) is 0.886. The van der Waals surface area contributed by atoms with Crippen LogP contribution in [-0.2, 0) is 16.1 Å². The Labute approximate surface area is 143 Å². The lowest BCUT2D eigenvalue weighted by molar-refractivity contribution is -0.133. The maximum atomic E-state index is 12.1. The zero-order valence-corrected chi connectivity index (χ0v) is 14.0. The van der Waals surface area contributed by atoms with Crippen molar-refractivity contribution < 1.29 is 9.59 Å². The number of likely N-dealkylation sites (tertiary alicyclic amines) is 1. The summed E-state index contributed by atoms with van der Waals surface area (Å²) in [6.07, 6.45) is 4.68. The molecule has 23 heavy (non-hydrogen) atoms. The van der Waals surface area contributed by atoms with E-state index in [1.807, 2.05) is 29.2 Å². The van der Waals surface area contributed by atoms with Gasteiger partial charge in [-0.25, -0.2) is 0 Å². The normalized spacial score (nSPS) is 21.0. The molecule has 126 valence electrons. The molecule has 0 aromatic heterocycles. The molecule has 5 nitrogen and oxygen atoms in total. The Hall–Kier alpha value is -1.59. The Bertz CT molecular complexity index is 559. The summed E-state index contributed by atoms with van der Waals surface area (Å²) in [5, 5.41) is 6.17. The highest BCUT2D eigenvalue weighted by Gasteiger charge is 2.22. The first-order valence-corrected chi connectivity index (χ1v) is 8.13. The third-order valence-electron chi connectivity index (χ3n) is 4.37. The molecule has 0 radical (unpaired) electrons. The van der Waals surface area contributed by atoms with Crippen molar-refractivity contribution in [3.63, 3.8) is 0 Å². The van der Waals surface area contributed by atoms with Crippen molar-refractivity contribution >= 4 is 29.9 Å². The molecule has 0 aliphatic carbocycles. The van der Waals surface area contributed by atoms with E-state index in [0.29, 0.717) is 13.0 Å². The molecule has 2 aliphatic heterocycles. The summed E-state index contributed by atoms with van der Waals surface area (Å²) in [7, 11) is 0. The second kappa shape index (κ2) is 8.31. The molecular weight excluding hydrogens is 314 g/mol. The van der Waals surface area contributed by atoms with Crippen molar-refractivity contribution in [3.05, 3.63) is 29.8 Å². The number of nitrogens with one attached hydrogen (secondary N) is 2. The van der Waals surface area contributed by atoms with Gasteiger partial charge in [0.2, 0.25) is 11.8 Å². The minimum Gasteiger partial charge on any atom is -0.338 e. The zero-order chi connectivity index (χ0) is 15.4. The first-order chi connectivity index (χ1) is 10.7. The summed E-state index contributed by atoms with van der Waals surface area (Å²) in [6, 6.07) is 7.72. The summed E-state index contributed by atoms with van der Waals surface area (Å²) < 4.78 is 0. The third kappa shape index (κ3) is 4.69. The molecule has 1 unspecified atom stereocenters. The van der Waals surface area contributed by atoms with Crippen molar-refractivity contribution in [2.75, 3.05) is 18.4 Å². The predicted octanol–water partition coefficient (Wildman–Crippen LogP) is 2.31. The second-order valence-corrected chi connectivity index (χ2v) is 6.11. The van der Waals surface area contributed by atoms with Crippen LogP contribution in [0.25, 0.3) is 0 Å².